The van der Waals surface area contributed by atoms with Gasteiger partial charge in [-0.2, -0.15) is 0 Å². The maximum Gasteiger partial charge on any atom is 0.415 e. The Morgan fingerprint density at radius 1 is 1.20 bits per heavy atom. The Labute approximate surface area is 199 Å². The van der Waals surface area contributed by atoms with E-state index in [0.29, 0.717) is 31.3 Å². The van der Waals surface area contributed by atoms with Crippen molar-refractivity contribution in [1.82, 2.24) is 9.88 Å². The van der Waals surface area contributed by atoms with Gasteiger partial charge in [-0.15, -0.1) is 0 Å². The zero-order chi connectivity index (χ0) is 24.3. The number of halogens is 1. The van der Waals surface area contributed by atoms with Crippen LogP contribution in [0.3, 0.4) is 0 Å². The fraction of sp³-hybridized carbons (Fsp3) is 0.280. The van der Waals surface area contributed by atoms with E-state index in [9.17, 15) is 19.1 Å². The molecule has 2 aromatic carbocycles. The number of carbonyl (C=O) groups excluding carboxylic acids is 2. The fourth-order valence-corrected chi connectivity index (χ4v) is 5.14. The Morgan fingerprint density at radius 3 is 2.83 bits per heavy atom. The molecule has 1 amide bonds. The molecule has 2 unspecified atom stereocenters. The number of pyridine rings is 1. The SMILES string of the molecule is CC1CN2c3c4c(nc5ccccc35)OCCN4C(=C=O)C2CN1C(=O)Oc1c(O)cccc1F. The Morgan fingerprint density at radius 2 is 2.03 bits per heavy atom. The molecule has 178 valence electrons. The molecule has 0 spiro atoms. The molecule has 4 heterocycles. The number of aromatic hydroxyl groups is 1. The average molecular weight is 476 g/mol. The maximum absolute atomic E-state index is 14.2. The molecular formula is C25H21FN4O5. The van der Waals surface area contributed by atoms with E-state index in [1.54, 1.807) is 0 Å². The van der Waals surface area contributed by atoms with E-state index in [0.717, 1.165) is 28.3 Å². The van der Waals surface area contributed by atoms with Gasteiger partial charge in [0.05, 0.1) is 30.3 Å². The summed E-state index contributed by atoms with van der Waals surface area (Å²) < 4.78 is 25.3. The van der Waals surface area contributed by atoms with Crippen LogP contribution in [-0.4, -0.2) is 65.3 Å². The molecule has 3 aliphatic heterocycles. The van der Waals surface area contributed by atoms with Crippen molar-refractivity contribution in [3.8, 4) is 17.4 Å². The third kappa shape index (κ3) is 3.18. The number of phenols is 1. The number of rotatable bonds is 1. The van der Waals surface area contributed by atoms with Crippen LogP contribution in [0.4, 0.5) is 20.6 Å². The third-order valence-corrected chi connectivity index (χ3v) is 6.74. The first kappa shape index (κ1) is 21.2. The lowest BCUT2D eigenvalue weighted by Crippen LogP contribution is -2.64. The highest BCUT2D eigenvalue weighted by molar-refractivity contribution is 6.03. The van der Waals surface area contributed by atoms with E-state index in [1.807, 2.05) is 36.1 Å². The number of para-hydroxylation sites is 2. The second-order valence-electron chi connectivity index (χ2n) is 8.74. The number of phenolic OH excluding ortho intramolecular Hbond substituents is 1. The van der Waals surface area contributed by atoms with E-state index in [1.165, 1.54) is 17.0 Å². The van der Waals surface area contributed by atoms with Gasteiger partial charge in [0.15, 0.2) is 11.6 Å². The maximum atomic E-state index is 14.2. The summed E-state index contributed by atoms with van der Waals surface area (Å²) >= 11 is 0. The van der Waals surface area contributed by atoms with Crippen LogP contribution in [0.5, 0.6) is 17.4 Å². The number of hydrogen-bond acceptors (Lipinski definition) is 8. The molecule has 0 bridgehead atoms. The van der Waals surface area contributed by atoms with Gasteiger partial charge in [0.25, 0.3) is 0 Å². The number of hydrogen-bond donors (Lipinski definition) is 1. The van der Waals surface area contributed by atoms with Crippen LogP contribution in [0.1, 0.15) is 6.92 Å². The van der Waals surface area contributed by atoms with Crippen molar-refractivity contribution in [3.05, 3.63) is 54.0 Å². The van der Waals surface area contributed by atoms with Crippen LogP contribution in [0.25, 0.3) is 10.9 Å². The second kappa shape index (κ2) is 7.89. The number of amides is 1. The first-order valence-electron chi connectivity index (χ1n) is 11.3. The first-order chi connectivity index (χ1) is 17.0. The molecule has 9 nitrogen and oxygen atoms in total. The standard InChI is InChI=1S/C25H21FN4O5/c1-14-11-30-18(12-29(14)25(33)35-23-16(26)6-4-8-20(23)32)19(13-31)28-9-10-34-24-22(28)21(30)15-5-2-3-7-17(15)27-24/h2-8,14,18,32H,9-12H2,1H3. The lowest BCUT2D eigenvalue weighted by Gasteiger charge is -2.52. The monoisotopic (exact) mass is 476 g/mol. The summed E-state index contributed by atoms with van der Waals surface area (Å²) in [6.07, 6.45) is -0.809. The predicted molar refractivity (Wildman–Crippen MR) is 125 cm³/mol. The quantitative estimate of drug-likeness (QED) is 0.536. The second-order valence-corrected chi connectivity index (χ2v) is 8.74. The number of aromatic nitrogens is 1. The van der Waals surface area contributed by atoms with Gasteiger partial charge in [0.1, 0.15) is 23.9 Å². The van der Waals surface area contributed by atoms with Crippen molar-refractivity contribution < 1.29 is 28.6 Å². The molecule has 0 saturated carbocycles. The van der Waals surface area contributed by atoms with Gasteiger partial charge in [-0.3, -0.25) is 0 Å². The summed E-state index contributed by atoms with van der Waals surface area (Å²) in [4.78, 5) is 35.4. The predicted octanol–water partition coefficient (Wildman–Crippen LogP) is 3.09. The van der Waals surface area contributed by atoms with Gasteiger partial charge >= 0.3 is 6.09 Å². The lowest BCUT2D eigenvalue weighted by molar-refractivity contribution is 0.119. The van der Waals surface area contributed by atoms with Crippen LogP contribution in [-0.2, 0) is 4.79 Å². The molecule has 35 heavy (non-hydrogen) atoms. The van der Waals surface area contributed by atoms with Crippen LogP contribution >= 0.6 is 0 Å². The number of nitrogens with zero attached hydrogens (tertiary/aromatic N) is 4. The summed E-state index contributed by atoms with van der Waals surface area (Å²) in [5, 5.41) is 10.9. The smallest absolute Gasteiger partial charge is 0.415 e. The molecule has 3 aliphatic rings. The highest BCUT2D eigenvalue weighted by Crippen LogP contribution is 2.50. The van der Waals surface area contributed by atoms with E-state index < -0.39 is 29.5 Å². The number of ether oxygens (including phenoxy) is 2. The van der Waals surface area contributed by atoms with Crippen molar-refractivity contribution >= 4 is 34.3 Å². The summed E-state index contributed by atoms with van der Waals surface area (Å²) in [5.74, 6) is 0.707. The zero-order valence-corrected chi connectivity index (χ0v) is 18.8. The molecule has 6 rings (SSSR count). The number of carbonyl (C=O) groups is 1. The molecule has 2 atom stereocenters. The summed E-state index contributed by atoms with van der Waals surface area (Å²) in [5.41, 5.74) is 2.76. The van der Waals surface area contributed by atoms with Crippen molar-refractivity contribution in [2.24, 2.45) is 0 Å². The Bertz CT molecular complexity index is 1400. The summed E-state index contributed by atoms with van der Waals surface area (Å²) in [6.45, 7) is 3.13. The minimum atomic E-state index is -0.843. The number of fused-ring (bicyclic) bond motifs is 4. The topological polar surface area (TPSA) is 95.4 Å². The van der Waals surface area contributed by atoms with Crippen molar-refractivity contribution in [3.63, 3.8) is 0 Å². The van der Waals surface area contributed by atoms with Crippen molar-refractivity contribution in [2.45, 2.75) is 19.0 Å². The normalized spacial score (nSPS) is 20.6. The van der Waals surface area contributed by atoms with Gasteiger partial charge in [0.2, 0.25) is 11.6 Å². The molecule has 0 radical (unpaired) electrons. The van der Waals surface area contributed by atoms with Gasteiger partial charge in [-0.1, -0.05) is 24.3 Å². The fourth-order valence-electron chi connectivity index (χ4n) is 5.14. The van der Waals surface area contributed by atoms with Crippen molar-refractivity contribution in [2.75, 3.05) is 36.0 Å². The molecule has 3 aromatic rings. The van der Waals surface area contributed by atoms with Gasteiger partial charge < -0.3 is 29.3 Å². The van der Waals surface area contributed by atoms with Crippen LogP contribution < -0.4 is 19.3 Å². The van der Waals surface area contributed by atoms with Crippen LogP contribution in [0.15, 0.2) is 48.2 Å². The molecule has 1 N–H and O–H groups in total. The zero-order valence-electron chi connectivity index (χ0n) is 18.8. The molecule has 1 fully saturated rings. The molecule has 1 saturated heterocycles. The van der Waals surface area contributed by atoms with Crippen LogP contribution in [0.2, 0.25) is 0 Å². The van der Waals surface area contributed by atoms with Crippen molar-refractivity contribution in [1.29, 1.82) is 0 Å². The number of benzene rings is 2. The van der Waals surface area contributed by atoms with Gasteiger partial charge in [0, 0.05) is 18.0 Å². The summed E-state index contributed by atoms with van der Waals surface area (Å²) in [7, 11) is 0. The minimum Gasteiger partial charge on any atom is -0.504 e. The minimum absolute atomic E-state index is 0.114. The first-order valence-corrected chi connectivity index (χ1v) is 11.3. The van der Waals surface area contributed by atoms with Gasteiger partial charge in [-0.25, -0.2) is 19.0 Å². The number of piperazine rings is 1. The Hall–Kier alpha value is -4.30. The Balaban J connectivity index is 1.42. The molecule has 0 aliphatic carbocycles. The van der Waals surface area contributed by atoms with E-state index in [2.05, 4.69) is 15.8 Å². The Kier molecular flexibility index (Phi) is 4.79. The molecular weight excluding hydrogens is 455 g/mol. The third-order valence-electron chi connectivity index (χ3n) is 6.74. The lowest BCUT2D eigenvalue weighted by atomic mass is 9.96. The number of anilines is 2. The van der Waals surface area contributed by atoms with E-state index in [4.69, 9.17) is 9.47 Å². The van der Waals surface area contributed by atoms with E-state index in [-0.39, 0.29) is 12.6 Å². The average Bonchev–Trinajstić information content (AvgIpc) is 2.86. The van der Waals surface area contributed by atoms with Crippen LogP contribution in [0, 0.1) is 5.82 Å². The largest absolute Gasteiger partial charge is 0.504 e. The molecule has 10 heteroatoms. The van der Waals surface area contributed by atoms with E-state index >= 15 is 0 Å². The summed E-state index contributed by atoms with van der Waals surface area (Å²) in [6, 6.07) is 10.5. The highest BCUT2D eigenvalue weighted by Gasteiger charge is 2.46. The highest BCUT2D eigenvalue weighted by atomic mass is 19.1. The van der Waals surface area contributed by atoms with Gasteiger partial charge in [-0.05, 0) is 25.1 Å². The molecule has 1 aromatic heterocycles.